The summed E-state index contributed by atoms with van der Waals surface area (Å²) in [5, 5.41) is 4.77. The maximum Gasteiger partial charge on any atom is 0.333 e. The van der Waals surface area contributed by atoms with Gasteiger partial charge in [-0.15, -0.1) is 0 Å². The molecule has 2 N–H and O–H groups in total. The lowest BCUT2D eigenvalue weighted by Crippen LogP contribution is -2.39. The molecule has 0 fully saturated rings. The molecule has 15 heavy (non-hydrogen) atoms. The van der Waals surface area contributed by atoms with Gasteiger partial charge < -0.3 is 5.32 Å². The van der Waals surface area contributed by atoms with Gasteiger partial charge in [0.15, 0.2) is 0 Å². The molecule has 0 bridgehead atoms. The first-order valence-corrected chi connectivity index (χ1v) is 4.88. The van der Waals surface area contributed by atoms with E-state index in [1.165, 1.54) is 0 Å². The van der Waals surface area contributed by atoms with Crippen molar-refractivity contribution in [3.05, 3.63) is 28.8 Å². The van der Waals surface area contributed by atoms with Crippen LogP contribution in [-0.2, 0) is 0 Å². The van der Waals surface area contributed by atoms with Gasteiger partial charge in [-0.25, -0.2) is 9.80 Å². The Morgan fingerprint density at radius 1 is 1.40 bits per heavy atom. The Morgan fingerprint density at radius 3 is 2.60 bits per heavy atom. The second kappa shape index (κ2) is 5.00. The summed E-state index contributed by atoms with van der Waals surface area (Å²) in [7, 11) is 3.47. The van der Waals surface area contributed by atoms with Crippen molar-refractivity contribution in [2.24, 2.45) is 0 Å². The van der Waals surface area contributed by atoms with Crippen molar-refractivity contribution in [2.75, 3.05) is 19.4 Å². The van der Waals surface area contributed by atoms with E-state index in [0.29, 0.717) is 10.7 Å². The average Bonchev–Trinajstić information content (AvgIpc) is 2.10. The summed E-state index contributed by atoms with van der Waals surface area (Å²) in [6.07, 6.45) is 0. The first-order chi connectivity index (χ1) is 7.00. The zero-order valence-electron chi connectivity index (χ0n) is 8.97. The Labute approximate surface area is 94.2 Å². The summed E-state index contributed by atoms with van der Waals surface area (Å²) >= 11 is 5.95. The Balaban J connectivity index is 2.76. The largest absolute Gasteiger partial charge is 0.333 e. The van der Waals surface area contributed by atoms with Crippen LogP contribution in [0, 0.1) is 6.92 Å². The van der Waals surface area contributed by atoms with Crippen molar-refractivity contribution in [1.29, 1.82) is 0 Å². The Morgan fingerprint density at radius 2 is 2.07 bits per heavy atom. The Bertz CT molecular complexity index is 345. The molecule has 2 amide bonds. The molecule has 0 heterocycles. The van der Waals surface area contributed by atoms with Crippen molar-refractivity contribution in [2.45, 2.75) is 6.92 Å². The number of nitrogens with one attached hydrogen (secondary N) is 2. The minimum atomic E-state index is -0.309. The molecule has 0 aliphatic rings. The van der Waals surface area contributed by atoms with Gasteiger partial charge in [0.05, 0.1) is 10.7 Å². The van der Waals surface area contributed by atoms with Gasteiger partial charge >= 0.3 is 6.03 Å². The van der Waals surface area contributed by atoms with Crippen LogP contribution in [-0.4, -0.2) is 25.1 Å². The van der Waals surface area contributed by atoms with E-state index in [9.17, 15) is 4.79 Å². The third-order valence-electron chi connectivity index (χ3n) is 1.79. The number of urea groups is 1. The first kappa shape index (κ1) is 11.8. The molecular formula is C10H14ClN3O. The number of para-hydroxylation sites is 1. The molecular weight excluding hydrogens is 214 g/mol. The Kier molecular flexibility index (Phi) is 3.94. The maximum atomic E-state index is 11.4. The molecule has 1 aromatic rings. The number of carbonyl (C=O) groups excluding carboxylic acids is 1. The molecule has 1 rings (SSSR count). The first-order valence-electron chi connectivity index (χ1n) is 4.51. The number of carbonyl (C=O) groups is 1. The molecule has 5 heteroatoms. The molecule has 0 atom stereocenters. The molecule has 0 aliphatic heterocycles. The number of amides is 2. The molecule has 82 valence electrons. The minimum Gasteiger partial charge on any atom is -0.305 e. The standard InChI is InChI=1S/C10H14ClN3O/c1-7-5-4-6-8(11)9(7)12-10(15)13-14(2)3/h4-6H,1-3H3,(H2,12,13,15). The number of halogens is 1. The van der Waals surface area contributed by atoms with Gasteiger partial charge in [-0.05, 0) is 18.6 Å². The number of hydrazine groups is 1. The van der Waals surface area contributed by atoms with Crippen LogP contribution in [0.5, 0.6) is 0 Å². The van der Waals surface area contributed by atoms with Crippen LogP contribution >= 0.6 is 11.6 Å². The second-order valence-electron chi connectivity index (χ2n) is 3.39. The molecule has 0 aliphatic carbocycles. The zero-order chi connectivity index (χ0) is 11.4. The van der Waals surface area contributed by atoms with Gasteiger partial charge in [0.2, 0.25) is 0 Å². The monoisotopic (exact) mass is 227 g/mol. The summed E-state index contributed by atoms with van der Waals surface area (Å²) < 4.78 is 0. The third-order valence-corrected chi connectivity index (χ3v) is 2.10. The number of rotatable bonds is 2. The fraction of sp³-hybridized carbons (Fsp3) is 0.300. The number of aryl methyl sites for hydroxylation is 1. The van der Waals surface area contributed by atoms with Gasteiger partial charge in [0.1, 0.15) is 0 Å². The van der Waals surface area contributed by atoms with E-state index in [-0.39, 0.29) is 6.03 Å². The van der Waals surface area contributed by atoms with Crippen LogP contribution < -0.4 is 10.7 Å². The predicted molar refractivity (Wildman–Crippen MR) is 62.0 cm³/mol. The predicted octanol–water partition coefficient (Wildman–Crippen LogP) is 2.25. The van der Waals surface area contributed by atoms with Crippen molar-refractivity contribution in [3.8, 4) is 0 Å². The fourth-order valence-electron chi connectivity index (χ4n) is 1.13. The van der Waals surface area contributed by atoms with E-state index in [4.69, 9.17) is 11.6 Å². The quantitative estimate of drug-likeness (QED) is 0.762. The number of hydrogen-bond donors (Lipinski definition) is 2. The highest BCUT2D eigenvalue weighted by Crippen LogP contribution is 2.24. The normalized spacial score (nSPS) is 10.2. The lowest BCUT2D eigenvalue weighted by atomic mass is 10.2. The summed E-state index contributed by atoms with van der Waals surface area (Å²) in [4.78, 5) is 11.4. The van der Waals surface area contributed by atoms with Gasteiger partial charge in [0, 0.05) is 14.1 Å². The molecule has 4 nitrogen and oxygen atoms in total. The number of nitrogens with zero attached hydrogens (tertiary/aromatic N) is 1. The summed E-state index contributed by atoms with van der Waals surface area (Å²) in [5.74, 6) is 0. The molecule has 0 spiro atoms. The van der Waals surface area contributed by atoms with Crippen molar-refractivity contribution in [3.63, 3.8) is 0 Å². The lowest BCUT2D eigenvalue weighted by molar-refractivity contribution is 0.224. The molecule has 0 aromatic heterocycles. The number of hydrogen-bond acceptors (Lipinski definition) is 2. The SMILES string of the molecule is Cc1cccc(Cl)c1NC(=O)NN(C)C. The van der Waals surface area contributed by atoms with E-state index in [1.54, 1.807) is 25.2 Å². The van der Waals surface area contributed by atoms with Gasteiger partial charge in [-0.1, -0.05) is 23.7 Å². The third kappa shape index (κ3) is 3.42. The highest BCUT2D eigenvalue weighted by Gasteiger charge is 2.07. The second-order valence-corrected chi connectivity index (χ2v) is 3.80. The molecule has 0 saturated carbocycles. The van der Waals surface area contributed by atoms with Crippen molar-refractivity contribution >= 4 is 23.3 Å². The van der Waals surface area contributed by atoms with E-state index in [2.05, 4.69) is 10.7 Å². The topological polar surface area (TPSA) is 44.4 Å². The van der Waals surface area contributed by atoms with Crippen molar-refractivity contribution in [1.82, 2.24) is 10.4 Å². The highest BCUT2D eigenvalue weighted by atomic mass is 35.5. The van der Waals surface area contributed by atoms with E-state index in [0.717, 1.165) is 5.56 Å². The highest BCUT2D eigenvalue weighted by molar-refractivity contribution is 6.33. The summed E-state index contributed by atoms with van der Waals surface area (Å²) in [5.41, 5.74) is 4.14. The smallest absolute Gasteiger partial charge is 0.305 e. The van der Waals surface area contributed by atoms with Crippen LogP contribution in [0.1, 0.15) is 5.56 Å². The maximum absolute atomic E-state index is 11.4. The van der Waals surface area contributed by atoms with Gasteiger partial charge in [0.25, 0.3) is 0 Å². The molecule has 0 radical (unpaired) electrons. The molecule has 1 aromatic carbocycles. The number of anilines is 1. The average molecular weight is 228 g/mol. The van der Waals surface area contributed by atoms with Crippen LogP contribution in [0.3, 0.4) is 0 Å². The molecule has 0 unspecified atom stereocenters. The van der Waals surface area contributed by atoms with Crippen LogP contribution in [0.15, 0.2) is 18.2 Å². The van der Waals surface area contributed by atoms with Crippen LogP contribution in [0.4, 0.5) is 10.5 Å². The van der Waals surface area contributed by atoms with E-state index in [1.807, 2.05) is 19.1 Å². The van der Waals surface area contributed by atoms with Crippen LogP contribution in [0.2, 0.25) is 5.02 Å². The number of benzene rings is 1. The minimum absolute atomic E-state index is 0.309. The summed E-state index contributed by atoms with van der Waals surface area (Å²) in [6.45, 7) is 1.89. The van der Waals surface area contributed by atoms with Gasteiger partial charge in [-0.2, -0.15) is 0 Å². The van der Waals surface area contributed by atoms with Crippen molar-refractivity contribution < 1.29 is 4.79 Å². The van der Waals surface area contributed by atoms with Gasteiger partial charge in [-0.3, -0.25) is 5.43 Å². The van der Waals surface area contributed by atoms with E-state index < -0.39 is 0 Å². The lowest BCUT2D eigenvalue weighted by Gasteiger charge is -2.14. The molecule has 0 saturated heterocycles. The fourth-order valence-corrected chi connectivity index (χ4v) is 1.40. The Hall–Kier alpha value is -1.26. The summed E-state index contributed by atoms with van der Waals surface area (Å²) in [6, 6.07) is 5.15. The van der Waals surface area contributed by atoms with Crippen LogP contribution in [0.25, 0.3) is 0 Å². The zero-order valence-corrected chi connectivity index (χ0v) is 9.72. The van der Waals surface area contributed by atoms with E-state index >= 15 is 0 Å².